The van der Waals surface area contributed by atoms with Crippen molar-refractivity contribution in [2.75, 3.05) is 0 Å². The highest BCUT2D eigenvalue weighted by Crippen LogP contribution is 2.38. The van der Waals surface area contributed by atoms with E-state index in [4.69, 9.17) is 16.6 Å². The first-order valence-corrected chi connectivity index (χ1v) is 7.49. The molecule has 2 unspecified atom stereocenters. The van der Waals surface area contributed by atoms with Crippen LogP contribution in [0.5, 0.6) is 0 Å². The number of halogens is 1. The number of aromatic nitrogens is 2. The maximum absolute atomic E-state index is 6.13. The van der Waals surface area contributed by atoms with E-state index < -0.39 is 0 Å². The lowest BCUT2D eigenvalue weighted by Crippen LogP contribution is -2.06. The van der Waals surface area contributed by atoms with Gasteiger partial charge in [0.1, 0.15) is 11.0 Å². The second-order valence-electron chi connectivity index (χ2n) is 5.92. The van der Waals surface area contributed by atoms with Gasteiger partial charge in [-0.3, -0.25) is 0 Å². The Hall–Kier alpha value is -0.630. The van der Waals surface area contributed by atoms with Crippen LogP contribution in [0, 0.1) is 11.8 Å². The highest BCUT2D eigenvalue weighted by atomic mass is 35.5. The minimum Gasteiger partial charge on any atom is -0.238 e. The Morgan fingerprint density at radius 1 is 1.33 bits per heavy atom. The van der Waals surface area contributed by atoms with Gasteiger partial charge in [-0.2, -0.15) is 0 Å². The van der Waals surface area contributed by atoms with E-state index in [-0.39, 0.29) is 0 Å². The zero-order valence-electron chi connectivity index (χ0n) is 11.6. The molecule has 3 heteroatoms. The summed E-state index contributed by atoms with van der Waals surface area (Å²) in [4.78, 5) is 9.18. The lowest BCUT2D eigenvalue weighted by molar-refractivity contribution is 0.515. The number of nitrogens with zero attached hydrogens (tertiary/aromatic N) is 2. The van der Waals surface area contributed by atoms with Crippen molar-refractivity contribution < 1.29 is 0 Å². The van der Waals surface area contributed by atoms with E-state index in [9.17, 15) is 0 Å². The number of hydrogen-bond donors (Lipinski definition) is 0. The number of rotatable bonds is 4. The Morgan fingerprint density at radius 3 is 2.72 bits per heavy atom. The lowest BCUT2D eigenvalue weighted by atomic mass is 10.0. The van der Waals surface area contributed by atoms with Gasteiger partial charge in [0.25, 0.3) is 0 Å². The minimum atomic E-state index is 0.527. The van der Waals surface area contributed by atoms with Crippen molar-refractivity contribution in [2.24, 2.45) is 11.8 Å². The van der Waals surface area contributed by atoms with E-state index in [2.05, 4.69) is 25.8 Å². The van der Waals surface area contributed by atoms with Crippen LogP contribution >= 0.6 is 11.6 Å². The summed E-state index contributed by atoms with van der Waals surface area (Å²) in [6, 6.07) is 1.91. The van der Waals surface area contributed by atoms with Crippen LogP contribution in [0.15, 0.2) is 6.07 Å². The van der Waals surface area contributed by atoms with Gasteiger partial charge in [0.15, 0.2) is 0 Å². The Balaban J connectivity index is 2.15. The van der Waals surface area contributed by atoms with E-state index in [1.54, 1.807) is 0 Å². The van der Waals surface area contributed by atoms with E-state index in [0.29, 0.717) is 17.0 Å². The summed E-state index contributed by atoms with van der Waals surface area (Å²) in [6.07, 6.45) is 6.03. The molecule has 1 heterocycles. The largest absolute Gasteiger partial charge is 0.238 e. The molecule has 0 saturated heterocycles. The third-order valence-electron chi connectivity index (χ3n) is 3.87. The van der Waals surface area contributed by atoms with Gasteiger partial charge in [0, 0.05) is 11.6 Å². The summed E-state index contributed by atoms with van der Waals surface area (Å²) in [7, 11) is 0. The average Bonchev–Trinajstić information content (AvgIpc) is 2.75. The molecule has 0 radical (unpaired) electrons. The maximum atomic E-state index is 6.13. The fourth-order valence-corrected chi connectivity index (χ4v) is 3.08. The van der Waals surface area contributed by atoms with Crippen molar-refractivity contribution in [1.29, 1.82) is 0 Å². The fourth-order valence-electron chi connectivity index (χ4n) is 2.87. The molecule has 1 aromatic heterocycles. The highest BCUT2D eigenvalue weighted by Gasteiger charge is 2.27. The van der Waals surface area contributed by atoms with Gasteiger partial charge in [-0.1, -0.05) is 38.8 Å². The molecule has 1 aliphatic carbocycles. The van der Waals surface area contributed by atoms with Crippen LogP contribution in [-0.4, -0.2) is 9.97 Å². The molecular weight excluding hydrogens is 244 g/mol. The van der Waals surface area contributed by atoms with Gasteiger partial charge >= 0.3 is 0 Å². The van der Waals surface area contributed by atoms with Crippen LogP contribution in [-0.2, 0) is 6.42 Å². The highest BCUT2D eigenvalue weighted by molar-refractivity contribution is 6.29. The number of hydrogen-bond acceptors (Lipinski definition) is 2. The molecule has 2 nitrogen and oxygen atoms in total. The van der Waals surface area contributed by atoms with Gasteiger partial charge in [0.2, 0.25) is 0 Å². The molecule has 1 saturated carbocycles. The normalized spacial score (nSPS) is 23.8. The lowest BCUT2D eigenvalue weighted by Gasteiger charge is -2.12. The second-order valence-corrected chi connectivity index (χ2v) is 6.31. The van der Waals surface area contributed by atoms with Crippen LogP contribution < -0.4 is 0 Å². The first kappa shape index (κ1) is 13.8. The van der Waals surface area contributed by atoms with Crippen molar-refractivity contribution >= 4 is 11.6 Å². The predicted molar refractivity (Wildman–Crippen MR) is 76.0 cm³/mol. The molecule has 0 aliphatic heterocycles. The summed E-state index contributed by atoms with van der Waals surface area (Å²) >= 11 is 6.13. The molecule has 0 aromatic carbocycles. The average molecular weight is 267 g/mol. The van der Waals surface area contributed by atoms with Crippen LogP contribution in [0.4, 0.5) is 0 Å². The molecule has 0 bridgehead atoms. The Bertz CT molecular complexity index is 403. The predicted octanol–water partition coefficient (Wildman–Crippen LogP) is 4.62. The minimum absolute atomic E-state index is 0.527. The maximum Gasteiger partial charge on any atom is 0.133 e. The van der Waals surface area contributed by atoms with Gasteiger partial charge in [0.05, 0.1) is 0 Å². The molecule has 1 aliphatic rings. The summed E-state index contributed by atoms with van der Waals surface area (Å²) in [5, 5.41) is 0.607. The van der Waals surface area contributed by atoms with Crippen LogP contribution in [0.2, 0.25) is 5.15 Å². The van der Waals surface area contributed by atoms with Gasteiger partial charge < -0.3 is 0 Å². The molecule has 0 spiro atoms. The topological polar surface area (TPSA) is 25.8 Å². The van der Waals surface area contributed by atoms with Crippen LogP contribution in [0.3, 0.4) is 0 Å². The third-order valence-corrected chi connectivity index (χ3v) is 4.06. The van der Waals surface area contributed by atoms with Crippen molar-refractivity contribution in [2.45, 2.75) is 58.8 Å². The molecule has 0 amide bonds. The Kier molecular flexibility index (Phi) is 4.60. The summed E-state index contributed by atoms with van der Waals surface area (Å²) in [6.45, 7) is 6.69. The van der Waals surface area contributed by atoms with E-state index >= 15 is 0 Å². The van der Waals surface area contributed by atoms with Crippen molar-refractivity contribution in [1.82, 2.24) is 9.97 Å². The second kappa shape index (κ2) is 6.01. The van der Waals surface area contributed by atoms with Gasteiger partial charge in [-0.15, -0.1) is 0 Å². The summed E-state index contributed by atoms with van der Waals surface area (Å²) in [5.74, 6) is 2.97. The molecule has 2 atom stereocenters. The van der Waals surface area contributed by atoms with Crippen molar-refractivity contribution in [3.05, 3.63) is 22.7 Å². The summed E-state index contributed by atoms with van der Waals surface area (Å²) in [5.41, 5.74) is 1.10. The van der Waals surface area contributed by atoms with Crippen LogP contribution in [0.1, 0.15) is 63.9 Å². The molecule has 100 valence electrons. The third kappa shape index (κ3) is 3.44. The molecule has 1 fully saturated rings. The first-order valence-electron chi connectivity index (χ1n) is 7.11. The fraction of sp³-hybridized carbons (Fsp3) is 0.733. The Labute approximate surface area is 115 Å². The summed E-state index contributed by atoms with van der Waals surface area (Å²) < 4.78 is 0. The molecule has 1 aromatic rings. The molecule has 2 rings (SSSR count). The Morgan fingerprint density at radius 2 is 2.11 bits per heavy atom. The zero-order chi connectivity index (χ0) is 13.1. The molecular formula is C15H23ClN2. The smallest absolute Gasteiger partial charge is 0.133 e. The van der Waals surface area contributed by atoms with Crippen LogP contribution in [0.25, 0.3) is 0 Å². The van der Waals surface area contributed by atoms with E-state index in [1.165, 1.54) is 25.7 Å². The van der Waals surface area contributed by atoms with E-state index in [0.717, 1.165) is 23.9 Å². The SMILES string of the molecule is CCC1CCC(c2nc(Cl)cc(CC(C)C)n2)C1. The van der Waals surface area contributed by atoms with Crippen molar-refractivity contribution in [3.8, 4) is 0 Å². The monoisotopic (exact) mass is 266 g/mol. The van der Waals surface area contributed by atoms with Gasteiger partial charge in [-0.05, 0) is 43.6 Å². The van der Waals surface area contributed by atoms with Crippen molar-refractivity contribution in [3.63, 3.8) is 0 Å². The first-order chi connectivity index (χ1) is 8.58. The quantitative estimate of drug-likeness (QED) is 0.743. The molecule has 0 N–H and O–H groups in total. The molecule has 18 heavy (non-hydrogen) atoms. The zero-order valence-corrected chi connectivity index (χ0v) is 12.4. The standard InChI is InChI=1S/C15H23ClN2/c1-4-11-5-6-12(8-11)15-17-13(7-10(2)3)9-14(16)18-15/h9-12H,4-8H2,1-3H3. The van der Waals surface area contributed by atoms with Gasteiger partial charge in [-0.25, -0.2) is 9.97 Å². The van der Waals surface area contributed by atoms with E-state index in [1.807, 2.05) is 6.07 Å².